The van der Waals surface area contributed by atoms with Gasteiger partial charge in [0, 0.05) is 25.9 Å². The van der Waals surface area contributed by atoms with E-state index >= 15 is 0 Å². The molecular weight excluding hydrogens is 304 g/mol. The van der Waals surface area contributed by atoms with Crippen molar-refractivity contribution < 1.29 is 9.59 Å². The number of amides is 2. The molecule has 1 heterocycles. The first-order valence-electron chi connectivity index (χ1n) is 8.24. The van der Waals surface area contributed by atoms with Gasteiger partial charge in [0.25, 0.3) is 0 Å². The van der Waals surface area contributed by atoms with Crippen molar-refractivity contribution in [1.82, 2.24) is 20.2 Å². The summed E-state index contributed by atoms with van der Waals surface area (Å²) in [5, 5.41) is 5.66. The van der Waals surface area contributed by atoms with Crippen LogP contribution in [0.25, 0.3) is 11.0 Å². The molecule has 0 radical (unpaired) electrons. The Labute approximate surface area is 141 Å². The molecule has 0 bridgehead atoms. The van der Waals surface area contributed by atoms with Crippen LogP contribution in [0.15, 0.2) is 36.9 Å². The first-order chi connectivity index (χ1) is 11.7. The van der Waals surface area contributed by atoms with Gasteiger partial charge in [0.1, 0.15) is 12.4 Å². The molecular formula is C18H24N4O2. The van der Waals surface area contributed by atoms with E-state index in [1.807, 2.05) is 35.8 Å². The number of rotatable bonds is 9. The highest BCUT2D eigenvalue weighted by molar-refractivity contribution is 5.81. The van der Waals surface area contributed by atoms with Crippen LogP contribution in [-0.4, -0.2) is 34.5 Å². The monoisotopic (exact) mass is 328 g/mol. The molecule has 2 N–H and O–H groups in total. The summed E-state index contributed by atoms with van der Waals surface area (Å²) in [4.78, 5) is 28.2. The van der Waals surface area contributed by atoms with Crippen LogP contribution < -0.4 is 10.6 Å². The molecule has 128 valence electrons. The zero-order chi connectivity index (χ0) is 17.4. The molecule has 0 saturated carbocycles. The number of nitrogens with one attached hydrogen (secondary N) is 2. The molecule has 24 heavy (non-hydrogen) atoms. The summed E-state index contributed by atoms with van der Waals surface area (Å²) >= 11 is 0. The van der Waals surface area contributed by atoms with Gasteiger partial charge in [-0.2, -0.15) is 0 Å². The maximum Gasteiger partial charge on any atom is 0.240 e. The van der Waals surface area contributed by atoms with Crippen molar-refractivity contribution in [2.45, 2.75) is 32.7 Å². The maximum atomic E-state index is 12.1. The standard InChI is InChI=1S/C18H24N4O2/c1-3-7-17(23)20-12-10-16-21-14-8-5-6-9-15(14)22(16)13-18(24)19-11-4-2/h4-6,8-9H,2-3,7,10-13H2,1H3,(H,19,24)(H,20,23). The first-order valence-corrected chi connectivity index (χ1v) is 8.24. The van der Waals surface area contributed by atoms with Gasteiger partial charge < -0.3 is 15.2 Å². The second-order valence-corrected chi connectivity index (χ2v) is 5.55. The largest absolute Gasteiger partial charge is 0.356 e. The molecule has 0 fully saturated rings. The lowest BCUT2D eigenvalue weighted by molar-refractivity contribution is -0.122. The molecule has 0 unspecified atom stereocenters. The van der Waals surface area contributed by atoms with Gasteiger partial charge in [-0.25, -0.2) is 4.98 Å². The summed E-state index contributed by atoms with van der Waals surface area (Å²) in [5.41, 5.74) is 1.77. The van der Waals surface area contributed by atoms with E-state index in [2.05, 4.69) is 22.2 Å². The Hall–Kier alpha value is -2.63. The molecule has 6 heteroatoms. The number of carbonyl (C=O) groups is 2. The number of fused-ring (bicyclic) bond motifs is 1. The average Bonchev–Trinajstić information content (AvgIpc) is 2.91. The second-order valence-electron chi connectivity index (χ2n) is 5.55. The van der Waals surface area contributed by atoms with E-state index in [-0.39, 0.29) is 18.4 Å². The highest BCUT2D eigenvalue weighted by atomic mass is 16.2. The number of aromatic nitrogens is 2. The van der Waals surface area contributed by atoms with E-state index in [4.69, 9.17) is 0 Å². The molecule has 2 aromatic rings. The summed E-state index contributed by atoms with van der Waals surface area (Å²) < 4.78 is 1.90. The van der Waals surface area contributed by atoms with E-state index in [0.29, 0.717) is 25.9 Å². The summed E-state index contributed by atoms with van der Waals surface area (Å²) in [6.07, 6.45) is 3.58. The molecule has 2 rings (SSSR count). The average molecular weight is 328 g/mol. The molecule has 0 aliphatic rings. The van der Waals surface area contributed by atoms with Crippen molar-refractivity contribution >= 4 is 22.8 Å². The van der Waals surface area contributed by atoms with E-state index in [1.165, 1.54) is 0 Å². The quantitative estimate of drug-likeness (QED) is 0.689. The minimum absolute atomic E-state index is 0.0453. The number of imidazole rings is 1. The van der Waals surface area contributed by atoms with Crippen LogP contribution in [0.4, 0.5) is 0 Å². The Morgan fingerprint density at radius 3 is 2.79 bits per heavy atom. The van der Waals surface area contributed by atoms with E-state index in [0.717, 1.165) is 23.3 Å². The third-order valence-corrected chi connectivity index (χ3v) is 3.63. The molecule has 0 atom stereocenters. The molecule has 0 aliphatic carbocycles. The summed E-state index contributed by atoms with van der Waals surface area (Å²) in [6.45, 7) is 6.72. The summed E-state index contributed by atoms with van der Waals surface area (Å²) in [7, 11) is 0. The Balaban J connectivity index is 2.12. The summed E-state index contributed by atoms with van der Waals surface area (Å²) in [6, 6.07) is 7.72. The maximum absolute atomic E-state index is 12.1. The van der Waals surface area contributed by atoms with Gasteiger partial charge in [-0.3, -0.25) is 9.59 Å². The molecule has 2 amide bonds. The van der Waals surface area contributed by atoms with Gasteiger partial charge in [-0.1, -0.05) is 25.1 Å². The third kappa shape index (κ3) is 4.68. The predicted octanol–water partition coefficient (Wildman–Crippen LogP) is 1.80. The fourth-order valence-corrected chi connectivity index (χ4v) is 2.51. The minimum atomic E-state index is -0.0886. The smallest absolute Gasteiger partial charge is 0.240 e. The minimum Gasteiger partial charge on any atom is -0.356 e. The van der Waals surface area contributed by atoms with E-state index in [1.54, 1.807) is 6.08 Å². The zero-order valence-corrected chi connectivity index (χ0v) is 14.0. The van der Waals surface area contributed by atoms with Crippen molar-refractivity contribution in [3.8, 4) is 0 Å². The van der Waals surface area contributed by atoms with Crippen LogP contribution >= 0.6 is 0 Å². The lowest BCUT2D eigenvalue weighted by Gasteiger charge is -2.10. The number of nitrogens with zero attached hydrogens (tertiary/aromatic N) is 2. The third-order valence-electron chi connectivity index (χ3n) is 3.63. The summed E-state index contributed by atoms with van der Waals surface area (Å²) in [5.74, 6) is 0.750. The Morgan fingerprint density at radius 2 is 2.04 bits per heavy atom. The van der Waals surface area contributed by atoms with Crippen LogP contribution in [0.5, 0.6) is 0 Å². The van der Waals surface area contributed by atoms with Crippen LogP contribution in [-0.2, 0) is 22.6 Å². The van der Waals surface area contributed by atoms with Crippen LogP contribution in [0.1, 0.15) is 25.6 Å². The number of para-hydroxylation sites is 2. The SMILES string of the molecule is C=CCNC(=O)Cn1c(CCNC(=O)CCC)nc2ccccc21. The normalized spacial score (nSPS) is 10.5. The van der Waals surface area contributed by atoms with Gasteiger partial charge in [-0.15, -0.1) is 6.58 Å². The number of hydrogen-bond acceptors (Lipinski definition) is 3. The number of carbonyl (C=O) groups excluding carboxylic acids is 2. The van der Waals surface area contributed by atoms with Gasteiger partial charge in [-0.05, 0) is 18.6 Å². The van der Waals surface area contributed by atoms with Crippen LogP contribution in [0, 0.1) is 0 Å². The molecule has 6 nitrogen and oxygen atoms in total. The highest BCUT2D eigenvalue weighted by Gasteiger charge is 2.13. The Morgan fingerprint density at radius 1 is 1.25 bits per heavy atom. The fourth-order valence-electron chi connectivity index (χ4n) is 2.51. The zero-order valence-electron chi connectivity index (χ0n) is 14.0. The van der Waals surface area contributed by atoms with E-state index in [9.17, 15) is 9.59 Å². The number of benzene rings is 1. The van der Waals surface area contributed by atoms with Crippen molar-refractivity contribution in [1.29, 1.82) is 0 Å². The Bertz CT molecular complexity index is 721. The van der Waals surface area contributed by atoms with Crippen molar-refractivity contribution in [2.75, 3.05) is 13.1 Å². The van der Waals surface area contributed by atoms with Gasteiger partial charge in [0.2, 0.25) is 11.8 Å². The Kier molecular flexibility index (Phi) is 6.54. The predicted molar refractivity (Wildman–Crippen MR) is 94.6 cm³/mol. The second kappa shape index (κ2) is 8.86. The molecule has 1 aromatic carbocycles. The highest BCUT2D eigenvalue weighted by Crippen LogP contribution is 2.16. The van der Waals surface area contributed by atoms with E-state index < -0.39 is 0 Å². The first kappa shape index (κ1) is 17.7. The lowest BCUT2D eigenvalue weighted by atomic mass is 10.3. The fraction of sp³-hybridized carbons (Fsp3) is 0.389. The topological polar surface area (TPSA) is 76.0 Å². The van der Waals surface area contributed by atoms with Gasteiger partial charge >= 0.3 is 0 Å². The molecule has 1 aromatic heterocycles. The molecule has 0 saturated heterocycles. The van der Waals surface area contributed by atoms with Crippen molar-refractivity contribution in [3.05, 3.63) is 42.7 Å². The lowest BCUT2D eigenvalue weighted by Crippen LogP contribution is -2.29. The van der Waals surface area contributed by atoms with Gasteiger partial charge in [0.05, 0.1) is 11.0 Å². The van der Waals surface area contributed by atoms with Crippen LogP contribution in [0.3, 0.4) is 0 Å². The van der Waals surface area contributed by atoms with Gasteiger partial charge in [0.15, 0.2) is 0 Å². The molecule has 0 spiro atoms. The molecule has 0 aliphatic heterocycles. The van der Waals surface area contributed by atoms with Crippen molar-refractivity contribution in [2.24, 2.45) is 0 Å². The van der Waals surface area contributed by atoms with Crippen molar-refractivity contribution in [3.63, 3.8) is 0 Å². The number of hydrogen-bond donors (Lipinski definition) is 2. The van der Waals surface area contributed by atoms with Crippen LogP contribution in [0.2, 0.25) is 0 Å².